The second-order valence-electron chi connectivity index (χ2n) is 10.5. The van der Waals surface area contributed by atoms with E-state index in [1.165, 1.54) is 17.7 Å². The molecule has 3 atom stereocenters. The van der Waals surface area contributed by atoms with Crippen LogP contribution in [0.25, 0.3) is 0 Å². The standard InChI is InChI=1S/C28H39N5O2/c1-2-33-25-9-4-3-8-21(25)18-26(33)28(35)32-15-11-20(12-16-32)7-5-6-13-30-27(34)24-17-22-19-29-14-10-23(22)31-24/h2-4,8-9,20,22,24,26,29H,1,5-7,10-19H2,(H,30,34). The summed E-state index contributed by atoms with van der Waals surface area (Å²) in [6.07, 6.45) is 9.84. The topological polar surface area (TPSA) is 77.0 Å². The van der Waals surface area contributed by atoms with E-state index in [0.29, 0.717) is 11.8 Å². The Bertz CT molecular complexity index is 968. The van der Waals surface area contributed by atoms with Gasteiger partial charge in [-0.3, -0.25) is 14.6 Å². The Morgan fingerprint density at radius 1 is 1.20 bits per heavy atom. The number of carbonyl (C=O) groups excluding carboxylic acids is 2. The summed E-state index contributed by atoms with van der Waals surface area (Å²) >= 11 is 0. The number of carbonyl (C=O) groups is 2. The molecule has 5 rings (SSSR count). The Morgan fingerprint density at radius 3 is 2.83 bits per heavy atom. The molecule has 188 valence electrons. The third-order valence-electron chi connectivity index (χ3n) is 8.32. The highest BCUT2D eigenvalue weighted by Gasteiger charge is 2.37. The van der Waals surface area contributed by atoms with Crippen LogP contribution in [-0.2, 0) is 16.0 Å². The Hall–Kier alpha value is -2.67. The number of aliphatic imine (C=N–C) groups is 1. The van der Waals surface area contributed by atoms with Gasteiger partial charge in [0.1, 0.15) is 12.1 Å². The van der Waals surface area contributed by atoms with Crippen molar-refractivity contribution in [3.8, 4) is 0 Å². The normalized spacial score (nSPS) is 26.2. The Balaban J connectivity index is 0.986. The monoisotopic (exact) mass is 477 g/mol. The molecule has 7 heteroatoms. The molecule has 4 aliphatic rings. The van der Waals surface area contributed by atoms with Crippen LogP contribution in [-0.4, -0.2) is 67.2 Å². The molecule has 4 aliphatic heterocycles. The number of benzene rings is 1. The Kier molecular flexibility index (Phi) is 7.51. The fraction of sp³-hybridized carbons (Fsp3) is 0.607. The van der Waals surface area contributed by atoms with E-state index in [1.54, 1.807) is 6.20 Å². The second kappa shape index (κ2) is 10.9. The first-order valence-electron chi connectivity index (χ1n) is 13.5. The number of likely N-dealkylation sites (tertiary alicyclic amines) is 1. The van der Waals surface area contributed by atoms with Gasteiger partial charge in [0.25, 0.3) is 0 Å². The van der Waals surface area contributed by atoms with Crippen LogP contribution in [0.1, 0.15) is 50.5 Å². The molecule has 2 N–H and O–H groups in total. The highest BCUT2D eigenvalue weighted by molar-refractivity contribution is 5.95. The number of amides is 2. The molecule has 0 radical (unpaired) electrons. The first kappa shape index (κ1) is 24.0. The molecule has 2 fully saturated rings. The van der Waals surface area contributed by atoms with Gasteiger partial charge in [-0.05, 0) is 55.9 Å². The summed E-state index contributed by atoms with van der Waals surface area (Å²) in [5.74, 6) is 1.46. The third kappa shape index (κ3) is 5.30. The van der Waals surface area contributed by atoms with Crippen LogP contribution in [0.2, 0.25) is 0 Å². The van der Waals surface area contributed by atoms with Gasteiger partial charge in [-0.15, -0.1) is 0 Å². The summed E-state index contributed by atoms with van der Waals surface area (Å²) in [4.78, 5) is 34.6. The zero-order chi connectivity index (χ0) is 24.2. The van der Waals surface area contributed by atoms with E-state index < -0.39 is 0 Å². The van der Waals surface area contributed by atoms with Gasteiger partial charge < -0.3 is 20.4 Å². The van der Waals surface area contributed by atoms with Gasteiger partial charge in [0, 0.05) is 56.5 Å². The maximum atomic E-state index is 13.3. The largest absolute Gasteiger partial charge is 0.354 e. The molecule has 1 aromatic carbocycles. The molecule has 7 nitrogen and oxygen atoms in total. The number of piperidine rings is 2. The number of para-hydroxylation sites is 1. The van der Waals surface area contributed by atoms with Gasteiger partial charge in [-0.2, -0.15) is 0 Å². The van der Waals surface area contributed by atoms with Gasteiger partial charge in [-0.1, -0.05) is 37.6 Å². The van der Waals surface area contributed by atoms with E-state index in [0.717, 1.165) is 83.4 Å². The average Bonchev–Trinajstić information content (AvgIpc) is 3.50. The van der Waals surface area contributed by atoms with E-state index in [4.69, 9.17) is 0 Å². The van der Waals surface area contributed by atoms with Gasteiger partial charge >= 0.3 is 0 Å². The summed E-state index contributed by atoms with van der Waals surface area (Å²) in [6.45, 7) is 8.32. The summed E-state index contributed by atoms with van der Waals surface area (Å²) < 4.78 is 0. The quantitative estimate of drug-likeness (QED) is 0.565. The smallest absolute Gasteiger partial charge is 0.245 e. The minimum atomic E-state index is -0.179. The molecule has 35 heavy (non-hydrogen) atoms. The molecule has 0 saturated carbocycles. The van der Waals surface area contributed by atoms with Crippen molar-refractivity contribution < 1.29 is 9.59 Å². The summed E-state index contributed by atoms with van der Waals surface area (Å²) in [6, 6.07) is 7.91. The molecule has 0 aliphatic carbocycles. The van der Waals surface area contributed by atoms with E-state index >= 15 is 0 Å². The van der Waals surface area contributed by atoms with E-state index in [1.807, 2.05) is 17.0 Å². The first-order valence-corrected chi connectivity index (χ1v) is 13.5. The number of rotatable bonds is 8. The van der Waals surface area contributed by atoms with Crippen molar-refractivity contribution in [2.24, 2.45) is 16.8 Å². The van der Waals surface area contributed by atoms with Crippen molar-refractivity contribution in [3.05, 3.63) is 42.6 Å². The predicted octanol–water partition coefficient (Wildman–Crippen LogP) is 2.91. The van der Waals surface area contributed by atoms with Crippen molar-refractivity contribution in [2.75, 3.05) is 37.6 Å². The molecule has 2 amide bonds. The van der Waals surface area contributed by atoms with Crippen LogP contribution in [0.5, 0.6) is 0 Å². The minimum Gasteiger partial charge on any atom is -0.354 e. The van der Waals surface area contributed by atoms with Crippen molar-refractivity contribution >= 4 is 23.2 Å². The molecular formula is C28H39N5O2. The maximum Gasteiger partial charge on any atom is 0.245 e. The fourth-order valence-electron chi connectivity index (χ4n) is 6.27. The molecule has 3 unspecified atom stereocenters. The summed E-state index contributed by atoms with van der Waals surface area (Å²) in [5, 5.41) is 6.51. The lowest BCUT2D eigenvalue weighted by atomic mass is 9.91. The van der Waals surface area contributed by atoms with Crippen LogP contribution in [0, 0.1) is 11.8 Å². The number of unbranched alkanes of at least 4 members (excludes halogenated alkanes) is 1. The predicted molar refractivity (Wildman–Crippen MR) is 140 cm³/mol. The Morgan fingerprint density at radius 2 is 2.03 bits per heavy atom. The Labute approximate surface area is 209 Å². The van der Waals surface area contributed by atoms with Crippen LogP contribution in [0.15, 0.2) is 42.0 Å². The van der Waals surface area contributed by atoms with E-state index in [9.17, 15) is 9.59 Å². The second-order valence-corrected chi connectivity index (χ2v) is 10.5. The van der Waals surface area contributed by atoms with Crippen molar-refractivity contribution in [2.45, 2.75) is 63.5 Å². The number of anilines is 1. The van der Waals surface area contributed by atoms with Gasteiger partial charge in [0.15, 0.2) is 0 Å². The van der Waals surface area contributed by atoms with Gasteiger partial charge in [0.2, 0.25) is 11.8 Å². The van der Waals surface area contributed by atoms with Gasteiger partial charge in [-0.25, -0.2) is 0 Å². The number of nitrogens with zero attached hydrogens (tertiary/aromatic N) is 3. The molecule has 0 aromatic heterocycles. The lowest BCUT2D eigenvalue weighted by Crippen LogP contribution is -2.48. The molecule has 4 heterocycles. The van der Waals surface area contributed by atoms with Crippen LogP contribution in [0.3, 0.4) is 0 Å². The fourth-order valence-corrected chi connectivity index (χ4v) is 6.27. The summed E-state index contributed by atoms with van der Waals surface area (Å²) in [5.41, 5.74) is 3.57. The molecular weight excluding hydrogens is 438 g/mol. The highest BCUT2D eigenvalue weighted by Crippen LogP contribution is 2.34. The average molecular weight is 478 g/mol. The number of hydrogen-bond acceptors (Lipinski definition) is 5. The molecule has 2 saturated heterocycles. The first-order chi connectivity index (χ1) is 17.1. The SMILES string of the molecule is C=CN1c2ccccc2CC1C(=O)N1CCC(CCCCNC(=O)C2CC3CNCCC3=N2)CC1. The van der Waals surface area contributed by atoms with Crippen molar-refractivity contribution in [3.63, 3.8) is 0 Å². The van der Waals surface area contributed by atoms with Crippen LogP contribution >= 0.6 is 0 Å². The minimum absolute atomic E-state index is 0.0985. The molecule has 1 aromatic rings. The summed E-state index contributed by atoms with van der Waals surface area (Å²) in [7, 11) is 0. The lowest BCUT2D eigenvalue weighted by Gasteiger charge is -2.35. The number of hydrogen-bond donors (Lipinski definition) is 2. The van der Waals surface area contributed by atoms with Crippen molar-refractivity contribution in [1.82, 2.24) is 15.5 Å². The van der Waals surface area contributed by atoms with Gasteiger partial charge in [0.05, 0.1) is 0 Å². The zero-order valence-corrected chi connectivity index (χ0v) is 20.8. The number of fused-ring (bicyclic) bond motifs is 2. The van der Waals surface area contributed by atoms with Crippen LogP contribution < -0.4 is 15.5 Å². The van der Waals surface area contributed by atoms with E-state index in [-0.39, 0.29) is 23.9 Å². The van der Waals surface area contributed by atoms with Crippen LogP contribution in [0.4, 0.5) is 5.69 Å². The third-order valence-corrected chi connectivity index (χ3v) is 8.32. The highest BCUT2D eigenvalue weighted by atomic mass is 16.2. The lowest BCUT2D eigenvalue weighted by molar-refractivity contribution is -0.133. The van der Waals surface area contributed by atoms with Crippen molar-refractivity contribution in [1.29, 1.82) is 0 Å². The zero-order valence-electron chi connectivity index (χ0n) is 20.8. The maximum absolute atomic E-state index is 13.3. The van der Waals surface area contributed by atoms with E-state index in [2.05, 4.69) is 39.2 Å². The number of nitrogens with one attached hydrogen (secondary N) is 2. The molecule has 0 spiro atoms. The molecule has 0 bridgehead atoms.